The van der Waals surface area contributed by atoms with Crippen LogP contribution >= 0.6 is 0 Å². The molecule has 9 heteroatoms. The number of rotatable bonds is 5. The third-order valence-corrected chi connectivity index (χ3v) is 2.93. The normalized spacial score (nSPS) is 13.8. The van der Waals surface area contributed by atoms with Gasteiger partial charge in [0.1, 0.15) is 5.70 Å². The van der Waals surface area contributed by atoms with Crippen molar-refractivity contribution in [3.8, 4) is 0 Å². The van der Waals surface area contributed by atoms with Crippen molar-refractivity contribution in [2.24, 2.45) is 0 Å². The molecule has 9 nitrogen and oxygen atoms in total. The van der Waals surface area contributed by atoms with Crippen LogP contribution in [0.1, 0.15) is 0 Å². The van der Waals surface area contributed by atoms with Gasteiger partial charge >= 0.3 is 11.9 Å². The van der Waals surface area contributed by atoms with Crippen LogP contribution < -0.4 is 10.6 Å². The number of aliphatic carboxylic acids is 1. The first-order valence-corrected chi connectivity index (χ1v) is 6.52. The molecule has 0 spiro atoms. The summed E-state index contributed by atoms with van der Waals surface area (Å²) in [6, 6.07) is 5.99. The number of hydrogen-bond acceptors (Lipinski definition) is 6. The molecule has 2 rings (SSSR count). The average molecular weight is 319 g/mol. The van der Waals surface area contributed by atoms with E-state index in [0.717, 1.165) is 11.0 Å². The molecule has 0 radical (unpaired) electrons. The van der Waals surface area contributed by atoms with Gasteiger partial charge in [0.25, 0.3) is 11.8 Å². The predicted molar refractivity (Wildman–Crippen MR) is 78.2 cm³/mol. The second kappa shape index (κ2) is 6.71. The van der Waals surface area contributed by atoms with E-state index in [9.17, 15) is 19.2 Å². The van der Waals surface area contributed by atoms with E-state index in [1.807, 2.05) is 0 Å². The Kier molecular flexibility index (Phi) is 4.72. The Morgan fingerprint density at radius 3 is 2.52 bits per heavy atom. The Labute approximate surface area is 130 Å². The third kappa shape index (κ3) is 3.71. The fourth-order valence-corrected chi connectivity index (χ4v) is 1.92. The second-order valence-corrected chi connectivity index (χ2v) is 4.54. The molecule has 0 aliphatic carbocycles. The van der Waals surface area contributed by atoms with Gasteiger partial charge in [0, 0.05) is 17.5 Å². The lowest BCUT2D eigenvalue weighted by atomic mass is 10.2. The summed E-state index contributed by atoms with van der Waals surface area (Å²) in [5.74, 6) is -3.93. The van der Waals surface area contributed by atoms with Crippen LogP contribution in [0.2, 0.25) is 0 Å². The van der Waals surface area contributed by atoms with Gasteiger partial charge in [-0.1, -0.05) is 6.07 Å². The number of carbonyl (C=O) groups excluding carboxylic acids is 3. The average Bonchev–Trinajstić information content (AvgIpc) is 2.75. The fraction of sp³-hybridized carbons (Fsp3) is 0.143. The number of amides is 3. The first-order chi connectivity index (χ1) is 10.9. The summed E-state index contributed by atoms with van der Waals surface area (Å²) in [5.41, 5.74) is 0.614. The summed E-state index contributed by atoms with van der Waals surface area (Å²) in [6.07, 6.45) is 1.10. The Balaban J connectivity index is 2.11. The van der Waals surface area contributed by atoms with E-state index in [0.29, 0.717) is 5.69 Å². The van der Waals surface area contributed by atoms with Crippen LogP contribution in [-0.4, -0.2) is 52.0 Å². The molecule has 0 unspecified atom stereocenters. The number of hydrogen-bond donors (Lipinski definition) is 4. The number of carbonyl (C=O) groups is 4. The van der Waals surface area contributed by atoms with E-state index >= 15 is 0 Å². The largest absolute Gasteiger partial charge is 0.474 e. The molecule has 1 aliphatic heterocycles. The lowest BCUT2D eigenvalue weighted by molar-refractivity contribution is -0.147. The van der Waals surface area contributed by atoms with E-state index < -0.39 is 23.7 Å². The van der Waals surface area contributed by atoms with E-state index in [-0.39, 0.29) is 24.5 Å². The van der Waals surface area contributed by atoms with Crippen molar-refractivity contribution < 1.29 is 29.4 Å². The van der Waals surface area contributed by atoms with Crippen LogP contribution in [-0.2, 0) is 19.2 Å². The highest BCUT2D eigenvalue weighted by atomic mass is 16.4. The summed E-state index contributed by atoms with van der Waals surface area (Å²) in [6.45, 7) is -0.441. The molecule has 120 valence electrons. The topological polar surface area (TPSA) is 136 Å². The monoisotopic (exact) mass is 319 g/mol. The van der Waals surface area contributed by atoms with Gasteiger partial charge in [-0.2, -0.15) is 0 Å². The maximum Gasteiger partial charge on any atom is 0.394 e. The Bertz CT molecular complexity index is 712. The number of carboxylic acids is 1. The molecule has 1 aromatic rings. The van der Waals surface area contributed by atoms with Crippen molar-refractivity contribution in [2.45, 2.75) is 0 Å². The minimum absolute atomic E-state index is 0.0187. The van der Waals surface area contributed by atoms with Gasteiger partial charge in [0.15, 0.2) is 0 Å². The Morgan fingerprint density at radius 2 is 1.87 bits per heavy atom. The number of nitrogens with zero attached hydrogens (tertiary/aromatic N) is 1. The van der Waals surface area contributed by atoms with Crippen molar-refractivity contribution in [2.75, 3.05) is 23.8 Å². The molecule has 3 amide bonds. The Hall–Kier alpha value is -3.20. The number of nitrogens with one attached hydrogen (secondary N) is 2. The number of aliphatic hydroxyl groups is 1. The van der Waals surface area contributed by atoms with Gasteiger partial charge in [-0.05, 0) is 18.2 Å². The summed E-state index contributed by atoms with van der Waals surface area (Å²) in [7, 11) is 0. The number of anilines is 2. The molecule has 0 bridgehead atoms. The lowest BCUT2D eigenvalue weighted by Gasteiger charge is -2.13. The van der Waals surface area contributed by atoms with E-state index in [2.05, 4.69) is 10.6 Å². The predicted octanol–water partition coefficient (Wildman–Crippen LogP) is -0.633. The number of β-amino-alcohol motifs (C(OH)–C–C–N with tert-alkyl or cyclic N) is 1. The molecule has 0 saturated carbocycles. The number of benzene rings is 1. The highest BCUT2D eigenvalue weighted by Crippen LogP contribution is 2.20. The number of carboxylic acid groups (broad SMARTS) is 1. The molecule has 0 fully saturated rings. The van der Waals surface area contributed by atoms with Crippen LogP contribution in [0.5, 0.6) is 0 Å². The first kappa shape index (κ1) is 16.2. The van der Waals surface area contributed by atoms with Crippen LogP contribution in [0.15, 0.2) is 36.0 Å². The van der Waals surface area contributed by atoms with Gasteiger partial charge in [-0.25, -0.2) is 4.79 Å². The zero-order valence-electron chi connectivity index (χ0n) is 11.8. The zero-order chi connectivity index (χ0) is 17.0. The van der Waals surface area contributed by atoms with Gasteiger partial charge < -0.3 is 20.8 Å². The SMILES string of the molecule is O=C(O)C(=O)Nc1cccc(NC2=CC(=O)N(CCO)C2=O)c1. The van der Waals surface area contributed by atoms with E-state index in [1.165, 1.54) is 18.2 Å². The minimum atomic E-state index is -1.62. The van der Waals surface area contributed by atoms with Crippen molar-refractivity contribution in [3.05, 3.63) is 36.0 Å². The number of aliphatic hydroxyl groups excluding tert-OH is 1. The quantitative estimate of drug-likeness (QED) is 0.419. The number of imide groups is 1. The van der Waals surface area contributed by atoms with Gasteiger partial charge in [0.2, 0.25) is 0 Å². The van der Waals surface area contributed by atoms with Gasteiger partial charge in [-0.15, -0.1) is 0 Å². The lowest BCUT2D eigenvalue weighted by Crippen LogP contribution is -2.34. The molecule has 0 saturated heterocycles. The molecule has 1 heterocycles. The van der Waals surface area contributed by atoms with Crippen LogP contribution in [0.25, 0.3) is 0 Å². The highest BCUT2D eigenvalue weighted by Gasteiger charge is 2.30. The van der Waals surface area contributed by atoms with E-state index in [4.69, 9.17) is 10.2 Å². The summed E-state index contributed by atoms with van der Waals surface area (Å²) < 4.78 is 0. The van der Waals surface area contributed by atoms with Crippen molar-refractivity contribution in [1.29, 1.82) is 0 Å². The van der Waals surface area contributed by atoms with Crippen molar-refractivity contribution in [3.63, 3.8) is 0 Å². The third-order valence-electron chi connectivity index (χ3n) is 2.93. The van der Waals surface area contributed by atoms with E-state index in [1.54, 1.807) is 6.07 Å². The molecule has 0 atom stereocenters. The standard InChI is InChI=1S/C14H13N3O6/c18-5-4-17-11(19)7-10(13(17)21)15-8-2-1-3-9(6-8)16-12(20)14(22)23/h1-3,6-7,15,18H,4-5H2,(H,16,20)(H,22,23). The van der Waals surface area contributed by atoms with Crippen LogP contribution in [0.4, 0.5) is 11.4 Å². The fourth-order valence-electron chi connectivity index (χ4n) is 1.92. The summed E-state index contributed by atoms with van der Waals surface area (Å²) in [4.78, 5) is 46.1. The smallest absolute Gasteiger partial charge is 0.394 e. The molecule has 1 aliphatic rings. The van der Waals surface area contributed by atoms with Crippen LogP contribution in [0, 0.1) is 0 Å². The summed E-state index contributed by atoms with van der Waals surface area (Å²) >= 11 is 0. The minimum Gasteiger partial charge on any atom is -0.474 e. The highest BCUT2D eigenvalue weighted by molar-refractivity contribution is 6.36. The molecule has 0 aromatic heterocycles. The van der Waals surface area contributed by atoms with Crippen molar-refractivity contribution in [1.82, 2.24) is 4.90 Å². The van der Waals surface area contributed by atoms with Gasteiger partial charge in [0.05, 0.1) is 13.2 Å². The Morgan fingerprint density at radius 1 is 1.17 bits per heavy atom. The molecule has 4 N–H and O–H groups in total. The maximum atomic E-state index is 12.0. The molecular formula is C14H13N3O6. The van der Waals surface area contributed by atoms with Crippen LogP contribution in [0.3, 0.4) is 0 Å². The molecule has 23 heavy (non-hydrogen) atoms. The molecule has 1 aromatic carbocycles. The molecular weight excluding hydrogens is 306 g/mol. The zero-order valence-corrected chi connectivity index (χ0v) is 11.8. The first-order valence-electron chi connectivity index (χ1n) is 6.52. The van der Waals surface area contributed by atoms with Gasteiger partial charge in [-0.3, -0.25) is 19.3 Å². The second-order valence-electron chi connectivity index (χ2n) is 4.54. The summed E-state index contributed by atoms with van der Waals surface area (Å²) in [5, 5.41) is 22.3. The van der Waals surface area contributed by atoms with Crippen molar-refractivity contribution >= 4 is 35.1 Å². The maximum absolute atomic E-state index is 12.0.